The van der Waals surface area contributed by atoms with Crippen LogP contribution >= 0.6 is 34.8 Å². The van der Waals surface area contributed by atoms with Gasteiger partial charge in [0.15, 0.2) is 16.7 Å². The van der Waals surface area contributed by atoms with Crippen molar-refractivity contribution in [2.45, 2.75) is 6.54 Å². The minimum Gasteiger partial charge on any atom is -0.453 e. The first-order valence-corrected chi connectivity index (χ1v) is 9.33. The third-order valence-electron chi connectivity index (χ3n) is 3.79. The summed E-state index contributed by atoms with van der Waals surface area (Å²) in [7, 11) is 0. The van der Waals surface area contributed by atoms with Crippen LogP contribution in [-0.2, 0) is 6.54 Å². The van der Waals surface area contributed by atoms with E-state index in [4.69, 9.17) is 45.3 Å². The summed E-state index contributed by atoms with van der Waals surface area (Å²) < 4.78 is 20.6. The lowest BCUT2D eigenvalue weighted by Gasteiger charge is -2.13. The van der Waals surface area contributed by atoms with E-state index in [1.54, 1.807) is 18.2 Å². The molecule has 150 valence electrons. The Labute approximate surface area is 180 Å². The number of hydrogen-bond acceptors (Lipinski definition) is 4. The summed E-state index contributed by atoms with van der Waals surface area (Å²) in [5.74, 6) is -1.17. The van der Waals surface area contributed by atoms with Crippen LogP contribution in [0.1, 0.15) is 21.6 Å². The summed E-state index contributed by atoms with van der Waals surface area (Å²) in [5, 5.41) is 3.01. The number of rotatable bonds is 6. The molecular formula is C19H14Cl3FN4O2. The number of H-pyrrole nitrogens is 1. The van der Waals surface area contributed by atoms with E-state index in [0.717, 1.165) is 0 Å². The normalized spacial score (nSPS) is 11.0. The van der Waals surface area contributed by atoms with Crippen LogP contribution in [0.5, 0.6) is 11.5 Å². The van der Waals surface area contributed by atoms with Gasteiger partial charge in [0, 0.05) is 17.1 Å². The number of ether oxygens (including phenoxy) is 1. The minimum absolute atomic E-state index is 0.0198. The zero-order chi connectivity index (χ0) is 21.0. The molecule has 4 N–H and O–H groups in total. The smallest absolute Gasteiger partial charge is 0.271 e. The fourth-order valence-corrected chi connectivity index (χ4v) is 3.08. The van der Waals surface area contributed by atoms with Crippen LogP contribution in [0.3, 0.4) is 0 Å². The molecule has 1 aromatic heterocycles. The van der Waals surface area contributed by atoms with Crippen molar-refractivity contribution in [3.05, 3.63) is 80.7 Å². The molecule has 3 rings (SSSR count). The molecule has 0 aliphatic rings. The number of amides is 1. The number of halogens is 4. The van der Waals surface area contributed by atoms with Gasteiger partial charge in [-0.15, -0.1) is 0 Å². The van der Waals surface area contributed by atoms with Crippen molar-refractivity contribution in [3.63, 3.8) is 0 Å². The summed E-state index contributed by atoms with van der Waals surface area (Å²) in [6.45, 7) is -0.121. The minimum atomic E-state index is -0.718. The van der Waals surface area contributed by atoms with Crippen LogP contribution in [0.2, 0.25) is 15.2 Å². The largest absolute Gasteiger partial charge is 0.453 e. The van der Waals surface area contributed by atoms with Crippen molar-refractivity contribution in [1.82, 2.24) is 15.3 Å². The second-order valence-electron chi connectivity index (χ2n) is 5.78. The standard InChI is InChI=1S/C19H14Cl3FN4O2/c20-12-5-10(3-4-24)6-13(7-12)29-17-14(21)2-1-11(15(17)23)8-25-19(28)16-18(22)27-9-26-16/h1-7,9H,8,24H2,(H,25,28)(H,26,27)/b4-3+. The van der Waals surface area contributed by atoms with Crippen LogP contribution in [-0.4, -0.2) is 15.9 Å². The highest BCUT2D eigenvalue weighted by molar-refractivity contribution is 6.32. The Balaban J connectivity index is 1.82. The SMILES string of the molecule is N/C=C/c1cc(Cl)cc(Oc2c(Cl)ccc(CNC(=O)c3[nH]cnc3Cl)c2F)c1. The molecule has 0 fully saturated rings. The van der Waals surface area contributed by atoms with Crippen LogP contribution in [0.25, 0.3) is 6.08 Å². The highest BCUT2D eigenvalue weighted by atomic mass is 35.5. The van der Waals surface area contributed by atoms with E-state index in [1.165, 1.54) is 30.7 Å². The summed E-state index contributed by atoms with van der Waals surface area (Å²) in [6.07, 6.45) is 4.24. The number of aromatic nitrogens is 2. The highest BCUT2D eigenvalue weighted by Crippen LogP contribution is 2.35. The van der Waals surface area contributed by atoms with E-state index in [2.05, 4.69) is 15.3 Å². The zero-order valence-electron chi connectivity index (χ0n) is 14.7. The van der Waals surface area contributed by atoms with Gasteiger partial charge < -0.3 is 20.8 Å². The van der Waals surface area contributed by atoms with Crippen LogP contribution in [0.15, 0.2) is 42.9 Å². The van der Waals surface area contributed by atoms with Gasteiger partial charge in [-0.05, 0) is 42.1 Å². The molecule has 10 heteroatoms. The number of carbonyl (C=O) groups is 1. The zero-order valence-corrected chi connectivity index (χ0v) is 16.9. The second-order valence-corrected chi connectivity index (χ2v) is 6.98. The topological polar surface area (TPSA) is 93.0 Å². The van der Waals surface area contributed by atoms with E-state index in [1.807, 2.05) is 0 Å². The molecule has 0 atom stereocenters. The number of carbonyl (C=O) groups excluding carboxylic acids is 1. The fraction of sp³-hybridized carbons (Fsp3) is 0.0526. The molecule has 29 heavy (non-hydrogen) atoms. The molecule has 0 bridgehead atoms. The van der Waals surface area contributed by atoms with Gasteiger partial charge in [-0.1, -0.05) is 40.9 Å². The van der Waals surface area contributed by atoms with E-state index in [0.29, 0.717) is 10.6 Å². The van der Waals surface area contributed by atoms with Gasteiger partial charge in [0.25, 0.3) is 5.91 Å². The van der Waals surface area contributed by atoms with E-state index in [9.17, 15) is 9.18 Å². The first-order valence-electron chi connectivity index (χ1n) is 8.19. The number of imidazole rings is 1. The van der Waals surface area contributed by atoms with Gasteiger partial charge in [0.2, 0.25) is 0 Å². The first-order chi connectivity index (χ1) is 13.9. The lowest BCUT2D eigenvalue weighted by atomic mass is 10.2. The molecule has 6 nitrogen and oxygen atoms in total. The molecule has 0 spiro atoms. The molecule has 0 aliphatic heterocycles. The Bertz CT molecular complexity index is 1090. The number of nitrogens with two attached hydrogens (primary N) is 1. The average molecular weight is 456 g/mol. The third-order valence-corrected chi connectivity index (χ3v) is 4.59. The summed E-state index contributed by atoms with van der Waals surface area (Å²) in [6, 6.07) is 7.72. The van der Waals surface area contributed by atoms with Crippen LogP contribution < -0.4 is 15.8 Å². The Kier molecular flexibility index (Phi) is 6.64. The van der Waals surface area contributed by atoms with Crippen molar-refractivity contribution in [3.8, 4) is 11.5 Å². The van der Waals surface area contributed by atoms with Crippen molar-refractivity contribution >= 4 is 46.8 Å². The Morgan fingerprint density at radius 1 is 1.28 bits per heavy atom. The number of benzene rings is 2. The molecule has 0 saturated carbocycles. The van der Waals surface area contributed by atoms with E-state index >= 15 is 0 Å². The van der Waals surface area contributed by atoms with Gasteiger partial charge in [-0.25, -0.2) is 9.37 Å². The molecule has 1 heterocycles. The van der Waals surface area contributed by atoms with E-state index < -0.39 is 11.7 Å². The van der Waals surface area contributed by atoms with Gasteiger partial charge >= 0.3 is 0 Å². The maximum Gasteiger partial charge on any atom is 0.271 e. The second kappa shape index (κ2) is 9.17. The number of aromatic amines is 1. The molecule has 0 unspecified atom stereocenters. The fourth-order valence-electron chi connectivity index (χ4n) is 2.47. The monoisotopic (exact) mass is 454 g/mol. The van der Waals surface area contributed by atoms with E-state index in [-0.39, 0.29) is 39.5 Å². The van der Waals surface area contributed by atoms with Crippen LogP contribution in [0, 0.1) is 5.82 Å². The molecule has 0 saturated heterocycles. The van der Waals surface area contributed by atoms with Crippen LogP contribution in [0.4, 0.5) is 4.39 Å². The van der Waals surface area contributed by atoms with Gasteiger partial charge in [-0.3, -0.25) is 4.79 Å². The summed E-state index contributed by atoms with van der Waals surface area (Å²) in [5.41, 5.74) is 6.31. The Hall–Kier alpha value is -2.74. The Morgan fingerprint density at radius 2 is 2.07 bits per heavy atom. The predicted octanol–water partition coefficient (Wildman–Crippen LogP) is 5.16. The van der Waals surface area contributed by atoms with Gasteiger partial charge in [0.1, 0.15) is 11.4 Å². The molecule has 0 aliphatic carbocycles. The molecule has 1 amide bonds. The molecule has 0 radical (unpaired) electrons. The molecule has 2 aromatic carbocycles. The van der Waals surface area contributed by atoms with Crippen molar-refractivity contribution < 1.29 is 13.9 Å². The average Bonchev–Trinajstić information content (AvgIpc) is 3.10. The molecule has 3 aromatic rings. The maximum absolute atomic E-state index is 15.0. The van der Waals surface area contributed by atoms with Crippen molar-refractivity contribution in [2.24, 2.45) is 5.73 Å². The quantitative estimate of drug-likeness (QED) is 0.478. The van der Waals surface area contributed by atoms with Crippen molar-refractivity contribution in [2.75, 3.05) is 0 Å². The van der Waals surface area contributed by atoms with Gasteiger partial charge in [0.05, 0.1) is 11.3 Å². The van der Waals surface area contributed by atoms with Gasteiger partial charge in [-0.2, -0.15) is 0 Å². The lowest BCUT2D eigenvalue weighted by Crippen LogP contribution is -2.24. The predicted molar refractivity (Wildman–Crippen MR) is 111 cm³/mol. The Morgan fingerprint density at radius 3 is 2.76 bits per heavy atom. The number of hydrogen-bond donors (Lipinski definition) is 3. The van der Waals surface area contributed by atoms with Crippen molar-refractivity contribution in [1.29, 1.82) is 0 Å². The summed E-state index contributed by atoms with van der Waals surface area (Å²) in [4.78, 5) is 18.4. The third kappa shape index (κ3) is 5.00. The number of nitrogens with zero attached hydrogens (tertiary/aromatic N) is 1. The molecular weight excluding hydrogens is 442 g/mol. The highest BCUT2D eigenvalue weighted by Gasteiger charge is 2.18. The first kappa shape index (κ1) is 21.0. The lowest BCUT2D eigenvalue weighted by molar-refractivity contribution is 0.0946. The maximum atomic E-state index is 15.0. The summed E-state index contributed by atoms with van der Waals surface area (Å²) >= 11 is 18.0. The number of nitrogens with one attached hydrogen (secondary N) is 2.